The SMILES string of the molecule is CCn1cnnc1C1CC1C(=O)OCCC1=CC[C@H]2C[C@@H]1C2(C)C. The summed E-state index contributed by atoms with van der Waals surface area (Å²) in [7, 11) is 0. The van der Waals surface area contributed by atoms with E-state index in [2.05, 4.69) is 37.0 Å². The molecule has 2 bridgehead atoms. The molecule has 2 unspecified atom stereocenters. The minimum absolute atomic E-state index is 0.0237. The number of ether oxygens (including phenoxy) is 1. The van der Waals surface area contributed by atoms with Crippen LogP contribution < -0.4 is 0 Å². The molecule has 24 heavy (non-hydrogen) atoms. The van der Waals surface area contributed by atoms with Gasteiger partial charge in [0.15, 0.2) is 0 Å². The number of hydrogen-bond donors (Lipinski definition) is 0. The molecule has 2 saturated carbocycles. The maximum atomic E-state index is 12.3. The van der Waals surface area contributed by atoms with E-state index in [9.17, 15) is 4.79 Å². The topological polar surface area (TPSA) is 57.0 Å². The first-order valence-electron chi connectivity index (χ1n) is 9.25. The lowest BCUT2D eigenvalue weighted by Crippen LogP contribution is -2.48. The molecule has 4 atom stereocenters. The molecule has 0 amide bonds. The Morgan fingerprint density at radius 3 is 2.96 bits per heavy atom. The molecule has 2 fully saturated rings. The molecule has 4 aliphatic rings. The third-order valence-electron chi connectivity index (χ3n) is 6.63. The van der Waals surface area contributed by atoms with Crippen LogP contribution in [0.15, 0.2) is 18.0 Å². The maximum Gasteiger partial charge on any atom is 0.309 e. The van der Waals surface area contributed by atoms with Crippen LogP contribution in [-0.4, -0.2) is 27.3 Å². The summed E-state index contributed by atoms with van der Waals surface area (Å²) in [5.41, 5.74) is 1.95. The predicted molar refractivity (Wildman–Crippen MR) is 90.2 cm³/mol. The number of hydrogen-bond acceptors (Lipinski definition) is 4. The summed E-state index contributed by atoms with van der Waals surface area (Å²) in [6.45, 7) is 8.18. The number of aromatic nitrogens is 3. The van der Waals surface area contributed by atoms with Crippen molar-refractivity contribution in [1.82, 2.24) is 14.8 Å². The van der Waals surface area contributed by atoms with Gasteiger partial charge in [-0.1, -0.05) is 25.5 Å². The zero-order valence-corrected chi connectivity index (χ0v) is 14.9. The largest absolute Gasteiger partial charge is 0.465 e. The number of carbonyl (C=O) groups excluding carboxylic acids is 1. The van der Waals surface area contributed by atoms with Gasteiger partial charge in [0.2, 0.25) is 0 Å². The second kappa shape index (κ2) is 5.71. The minimum atomic E-state index is -0.0622. The van der Waals surface area contributed by atoms with Crippen LogP contribution >= 0.6 is 0 Å². The fourth-order valence-electron chi connectivity index (χ4n) is 4.67. The maximum absolute atomic E-state index is 12.3. The van der Waals surface area contributed by atoms with Gasteiger partial charge in [0.25, 0.3) is 0 Å². The summed E-state index contributed by atoms with van der Waals surface area (Å²) in [6.07, 6.45) is 8.39. The molecule has 1 heterocycles. The average molecular weight is 329 g/mol. The van der Waals surface area contributed by atoms with Crippen LogP contribution in [0.1, 0.15) is 58.2 Å². The smallest absolute Gasteiger partial charge is 0.309 e. The molecular weight excluding hydrogens is 302 g/mol. The van der Waals surface area contributed by atoms with Crippen molar-refractivity contribution in [2.45, 2.75) is 58.9 Å². The van der Waals surface area contributed by atoms with Gasteiger partial charge in [-0.25, -0.2) is 0 Å². The summed E-state index contributed by atoms with van der Waals surface area (Å²) in [5, 5.41) is 8.11. The Hall–Kier alpha value is -1.65. The van der Waals surface area contributed by atoms with Crippen molar-refractivity contribution in [3.05, 3.63) is 23.8 Å². The number of carbonyl (C=O) groups is 1. The van der Waals surface area contributed by atoms with Crippen molar-refractivity contribution in [3.63, 3.8) is 0 Å². The molecule has 0 saturated heterocycles. The van der Waals surface area contributed by atoms with E-state index in [4.69, 9.17) is 4.74 Å². The number of nitrogens with zero attached hydrogens (tertiary/aromatic N) is 3. The van der Waals surface area contributed by atoms with Crippen LogP contribution in [0.2, 0.25) is 0 Å². The molecule has 0 aromatic carbocycles. The van der Waals surface area contributed by atoms with E-state index in [1.165, 1.54) is 18.4 Å². The van der Waals surface area contributed by atoms with Crippen LogP contribution in [-0.2, 0) is 16.1 Å². The monoisotopic (exact) mass is 329 g/mol. The summed E-state index contributed by atoms with van der Waals surface area (Å²) < 4.78 is 7.58. The first kappa shape index (κ1) is 15.9. The van der Waals surface area contributed by atoms with Gasteiger partial charge in [0.1, 0.15) is 12.2 Å². The van der Waals surface area contributed by atoms with E-state index in [0.29, 0.717) is 17.9 Å². The van der Waals surface area contributed by atoms with Crippen LogP contribution in [0.5, 0.6) is 0 Å². The molecule has 5 heteroatoms. The summed E-state index contributed by atoms with van der Waals surface area (Å²) in [4.78, 5) is 12.3. The third-order valence-corrected chi connectivity index (χ3v) is 6.63. The molecule has 1 aromatic heterocycles. The van der Waals surface area contributed by atoms with Crippen molar-refractivity contribution >= 4 is 5.97 Å². The highest BCUT2D eigenvalue weighted by Gasteiger charge is 2.51. The van der Waals surface area contributed by atoms with E-state index in [-0.39, 0.29) is 17.8 Å². The van der Waals surface area contributed by atoms with E-state index in [0.717, 1.165) is 31.1 Å². The van der Waals surface area contributed by atoms with Crippen LogP contribution in [0.25, 0.3) is 0 Å². The van der Waals surface area contributed by atoms with Crippen LogP contribution in [0.3, 0.4) is 0 Å². The molecule has 4 aliphatic carbocycles. The molecule has 0 spiro atoms. The third kappa shape index (κ3) is 2.49. The fraction of sp³-hybridized carbons (Fsp3) is 0.737. The normalized spacial score (nSPS) is 32.7. The van der Waals surface area contributed by atoms with Crippen LogP contribution in [0, 0.1) is 23.2 Å². The zero-order valence-electron chi connectivity index (χ0n) is 14.9. The molecular formula is C19H27N3O2. The molecule has 0 N–H and O–H groups in total. The highest BCUT2D eigenvalue weighted by atomic mass is 16.5. The molecule has 0 radical (unpaired) electrons. The van der Waals surface area contributed by atoms with Gasteiger partial charge >= 0.3 is 5.97 Å². The Balaban J connectivity index is 1.26. The molecule has 130 valence electrons. The van der Waals surface area contributed by atoms with Crippen molar-refractivity contribution in [2.24, 2.45) is 23.2 Å². The Morgan fingerprint density at radius 2 is 2.25 bits per heavy atom. The van der Waals surface area contributed by atoms with E-state index >= 15 is 0 Å². The van der Waals surface area contributed by atoms with E-state index in [1.54, 1.807) is 6.33 Å². The quantitative estimate of drug-likeness (QED) is 0.593. The van der Waals surface area contributed by atoms with Crippen molar-refractivity contribution in [3.8, 4) is 0 Å². The zero-order chi connectivity index (χ0) is 16.9. The Labute approximate surface area is 143 Å². The highest BCUT2D eigenvalue weighted by molar-refractivity contribution is 5.77. The highest BCUT2D eigenvalue weighted by Crippen LogP contribution is 2.59. The second-order valence-electron chi connectivity index (χ2n) is 8.16. The average Bonchev–Trinajstić information content (AvgIpc) is 3.23. The van der Waals surface area contributed by atoms with Gasteiger partial charge in [-0.15, -0.1) is 10.2 Å². The summed E-state index contributed by atoms with van der Waals surface area (Å²) in [6, 6.07) is 0. The number of esters is 1. The number of aryl methyl sites for hydroxylation is 1. The molecule has 0 aliphatic heterocycles. The van der Waals surface area contributed by atoms with Crippen molar-refractivity contribution < 1.29 is 9.53 Å². The minimum Gasteiger partial charge on any atom is -0.465 e. The molecule has 1 aromatic rings. The summed E-state index contributed by atoms with van der Waals surface area (Å²) >= 11 is 0. The number of rotatable bonds is 6. The number of allylic oxidation sites excluding steroid dienone is 1. The lowest BCUT2D eigenvalue weighted by atomic mass is 9.48. The van der Waals surface area contributed by atoms with Gasteiger partial charge < -0.3 is 9.30 Å². The van der Waals surface area contributed by atoms with E-state index in [1.807, 2.05) is 4.57 Å². The predicted octanol–water partition coefficient (Wildman–Crippen LogP) is 3.33. The number of fused-ring (bicyclic) bond motifs is 1. The van der Waals surface area contributed by atoms with E-state index < -0.39 is 0 Å². The Bertz CT molecular complexity index is 676. The fourth-order valence-corrected chi connectivity index (χ4v) is 4.67. The van der Waals surface area contributed by atoms with Crippen molar-refractivity contribution in [1.29, 1.82) is 0 Å². The molecule has 5 nitrogen and oxygen atoms in total. The van der Waals surface area contributed by atoms with Gasteiger partial charge in [-0.3, -0.25) is 4.79 Å². The summed E-state index contributed by atoms with van der Waals surface area (Å²) in [5.74, 6) is 2.60. The van der Waals surface area contributed by atoms with Gasteiger partial charge in [-0.2, -0.15) is 0 Å². The lowest BCUT2D eigenvalue weighted by Gasteiger charge is -2.56. The van der Waals surface area contributed by atoms with Gasteiger partial charge in [0.05, 0.1) is 12.5 Å². The molecule has 5 rings (SSSR count). The Kier molecular flexibility index (Phi) is 3.77. The van der Waals surface area contributed by atoms with Gasteiger partial charge in [-0.05, 0) is 43.4 Å². The first-order chi connectivity index (χ1) is 11.5. The van der Waals surface area contributed by atoms with Crippen LogP contribution in [0.4, 0.5) is 0 Å². The standard InChI is InChI=1S/C19H27N3O2/c1-4-22-11-20-21-17(22)14-10-15(14)18(23)24-8-7-12-5-6-13-9-16(12)19(13,2)3/h5,11,13-16H,4,6-10H2,1-3H3/t13-,14?,15?,16-/m0/s1. The van der Waals surface area contributed by atoms with Gasteiger partial charge in [0, 0.05) is 18.9 Å². The lowest BCUT2D eigenvalue weighted by molar-refractivity contribution is -0.145. The second-order valence-corrected chi connectivity index (χ2v) is 8.16. The first-order valence-corrected chi connectivity index (χ1v) is 9.25. The Morgan fingerprint density at radius 1 is 1.42 bits per heavy atom. The van der Waals surface area contributed by atoms with Crippen molar-refractivity contribution in [2.75, 3.05) is 6.61 Å².